The van der Waals surface area contributed by atoms with E-state index in [0.29, 0.717) is 17.1 Å². The molecule has 2 aliphatic rings. The predicted octanol–water partition coefficient (Wildman–Crippen LogP) is -0.719. The Morgan fingerprint density at radius 3 is 2.55 bits per heavy atom. The Labute approximate surface area is 192 Å². The number of rotatable bonds is 6. The molecule has 1 atom stereocenters. The molecule has 0 spiro atoms. The predicted molar refractivity (Wildman–Crippen MR) is 122 cm³/mol. The standard InChI is InChI=1S/C23H31N7O3/c1-5-23(3,4)30-21(25-26-27-30)20(29-9-7-28(6-2)8-10-29)16-11-15-12-18-19(33-14-32-18)13-17(15)24-22(16)31/h11-13,20H,5-10,14H2,1-4H3,(H,24,31)/p+2/t20-/m0/s1. The van der Waals surface area contributed by atoms with Gasteiger partial charge in [0.15, 0.2) is 17.5 Å². The lowest BCUT2D eigenvalue weighted by atomic mass is 9.98. The summed E-state index contributed by atoms with van der Waals surface area (Å²) in [7, 11) is 0. The number of hydrogen-bond donors (Lipinski definition) is 3. The van der Waals surface area contributed by atoms with Crippen LogP contribution in [0.5, 0.6) is 11.5 Å². The maximum Gasteiger partial charge on any atom is 0.258 e. The average Bonchev–Trinajstić information content (AvgIpc) is 3.48. The first-order chi connectivity index (χ1) is 15.9. The summed E-state index contributed by atoms with van der Waals surface area (Å²) in [4.78, 5) is 19.4. The molecule has 2 aromatic heterocycles. The highest BCUT2D eigenvalue weighted by Crippen LogP contribution is 2.35. The molecular weight excluding hydrogens is 422 g/mol. The van der Waals surface area contributed by atoms with Crippen LogP contribution in [0.2, 0.25) is 0 Å². The Hall–Kier alpha value is -2.98. The van der Waals surface area contributed by atoms with E-state index in [1.165, 1.54) is 4.90 Å². The smallest absolute Gasteiger partial charge is 0.258 e. The van der Waals surface area contributed by atoms with Crippen molar-refractivity contribution in [1.29, 1.82) is 0 Å². The monoisotopic (exact) mass is 455 g/mol. The summed E-state index contributed by atoms with van der Waals surface area (Å²) in [5.41, 5.74) is 1.03. The zero-order valence-electron chi connectivity index (χ0n) is 19.8. The van der Waals surface area contributed by atoms with Crippen molar-refractivity contribution in [2.75, 3.05) is 39.5 Å². The van der Waals surface area contributed by atoms with Gasteiger partial charge >= 0.3 is 0 Å². The summed E-state index contributed by atoms with van der Waals surface area (Å²) in [6.07, 6.45) is 0.873. The van der Waals surface area contributed by atoms with Crippen LogP contribution in [0.3, 0.4) is 0 Å². The largest absolute Gasteiger partial charge is 0.454 e. The van der Waals surface area contributed by atoms with Gasteiger partial charge in [-0.15, -0.1) is 5.10 Å². The van der Waals surface area contributed by atoms with Crippen LogP contribution in [0.1, 0.15) is 51.5 Å². The van der Waals surface area contributed by atoms with Gasteiger partial charge in [-0.2, -0.15) is 0 Å². The van der Waals surface area contributed by atoms with Gasteiger partial charge < -0.3 is 24.3 Å². The number of quaternary nitrogens is 2. The lowest BCUT2D eigenvalue weighted by Gasteiger charge is -2.35. The fraction of sp³-hybridized carbons (Fsp3) is 0.565. The topological polar surface area (TPSA) is 104 Å². The molecule has 176 valence electrons. The third-order valence-electron chi connectivity index (χ3n) is 7.38. The van der Waals surface area contributed by atoms with E-state index in [-0.39, 0.29) is 23.9 Å². The minimum absolute atomic E-state index is 0.118. The number of pyridine rings is 1. The molecule has 1 aromatic carbocycles. The van der Waals surface area contributed by atoms with E-state index in [1.54, 1.807) is 4.90 Å². The Morgan fingerprint density at radius 2 is 1.85 bits per heavy atom. The van der Waals surface area contributed by atoms with Crippen LogP contribution < -0.4 is 24.8 Å². The van der Waals surface area contributed by atoms with E-state index in [4.69, 9.17) is 9.47 Å². The van der Waals surface area contributed by atoms with Crippen molar-refractivity contribution in [3.05, 3.63) is 39.9 Å². The van der Waals surface area contributed by atoms with Crippen molar-refractivity contribution < 1.29 is 19.3 Å². The van der Waals surface area contributed by atoms with Crippen LogP contribution in [0.25, 0.3) is 10.9 Å². The molecule has 3 aromatic rings. The Bertz CT molecular complexity index is 1210. The van der Waals surface area contributed by atoms with Crippen molar-refractivity contribution in [2.24, 2.45) is 0 Å². The van der Waals surface area contributed by atoms with Crippen LogP contribution in [0.15, 0.2) is 23.0 Å². The average molecular weight is 456 g/mol. The molecular formula is C23H33N7O3+2. The number of hydrogen-bond acceptors (Lipinski definition) is 6. The molecule has 0 radical (unpaired) electrons. The second-order valence-corrected chi connectivity index (χ2v) is 9.66. The van der Waals surface area contributed by atoms with E-state index in [2.05, 4.69) is 48.2 Å². The van der Waals surface area contributed by atoms with Gasteiger partial charge in [0.2, 0.25) is 12.6 Å². The highest BCUT2D eigenvalue weighted by Gasteiger charge is 2.39. The van der Waals surface area contributed by atoms with Crippen molar-refractivity contribution in [1.82, 2.24) is 25.2 Å². The third-order valence-corrected chi connectivity index (χ3v) is 7.38. The normalized spacial score (nSPS) is 21.5. The first-order valence-electron chi connectivity index (χ1n) is 11.8. The quantitative estimate of drug-likeness (QED) is 0.453. The number of nitrogens with one attached hydrogen (secondary N) is 3. The SMILES string of the molecule is CC[NH+]1CC[NH+]([C@@H](c2cc3cc4c(cc3[nH]c2=O)OCO4)c2nnnn2C(C)(C)CC)CC1. The molecule has 2 aliphatic heterocycles. The van der Waals surface area contributed by atoms with Crippen molar-refractivity contribution in [2.45, 2.75) is 45.7 Å². The molecule has 0 saturated carbocycles. The molecule has 10 heteroatoms. The molecule has 0 amide bonds. The molecule has 10 nitrogen and oxygen atoms in total. The number of nitrogens with zero attached hydrogens (tertiary/aromatic N) is 4. The molecule has 0 aliphatic carbocycles. The van der Waals surface area contributed by atoms with Crippen molar-refractivity contribution in [3.8, 4) is 11.5 Å². The number of piperazine rings is 1. The Morgan fingerprint density at radius 1 is 1.12 bits per heavy atom. The van der Waals surface area contributed by atoms with Crippen LogP contribution in [0, 0.1) is 0 Å². The third kappa shape index (κ3) is 3.87. The molecule has 1 fully saturated rings. The highest BCUT2D eigenvalue weighted by molar-refractivity contribution is 5.83. The molecule has 5 rings (SSSR count). The van der Waals surface area contributed by atoms with Gasteiger partial charge in [-0.05, 0) is 49.8 Å². The molecule has 1 saturated heterocycles. The summed E-state index contributed by atoms with van der Waals surface area (Å²) >= 11 is 0. The van der Waals surface area contributed by atoms with E-state index in [1.807, 2.05) is 22.9 Å². The maximum atomic E-state index is 13.4. The number of H-pyrrole nitrogens is 1. The maximum absolute atomic E-state index is 13.4. The van der Waals surface area contributed by atoms with Gasteiger partial charge in [0, 0.05) is 11.5 Å². The molecule has 4 heterocycles. The van der Waals surface area contributed by atoms with Gasteiger partial charge in [-0.1, -0.05) is 6.92 Å². The minimum atomic E-state index is -0.261. The lowest BCUT2D eigenvalue weighted by Crippen LogP contribution is -3.28. The van der Waals surface area contributed by atoms with Crippen molar-refractivity contribution >= 4 is 10.9 Å². The highest BCUT2D eigenvalue weighted by atomic mass is 16.7. The Kier molecular flexibility index (Phi) is 5.57. The molecule has 33 heavy (non-hydrogen) atoms. The summed E-state index contributed by atoms with van der Waals surface area (Å²) in [5.74, 6) is 2.09. The van der Waals surface area contributed by atoms with Crippen LogP contribution in [0.4, 0.5) is 0 Å². The second kappa shape index (κ2) is 8.42. The van der Waals surface area contributed by atoms with Gasteiger partial charge in [0.25, 0.3) is 5.56 Å². The zero-order chi connectivity index (χ0) is 23.2. The van der Waals surface area contributed by atoms with Gasteiger partial charge in [0.05, 0.1) is 23.2 Å². The fourth-order valence-electron chi connectivity index (χ4n) is 4.89. The van der Waals surface area contributed by atoms with E-state index < -0.39 is 0 Å². The van der Waals surface area contributed by atoms with E-state index in [0.717, 1.165) is 55.9 Å². The van der Waals surface area contributed by atoms with Gasteiger partial charge in [-0.25, -0.2) is 4.68 Å². The Balaban J connectivity index is 1.64. The first-order valence-corrected chi connectivity index (χ1v) is 11.8. The van der Waals surface area contributed by atoms with E-state index in [9.17, 15) is 4.79 Å². The summed E-state index contributed by atoms with van der Waals surface area (Å²) in [5, 5.41) is 13.8. The van der Waals surface area contributed by atoms with Crippen LogP contribution in [-0.2, 0) is 5.54 Å². The molecule has 0 unspecified atom stereocenters. The number of tetrazole rings is 1. The number of fused-ring (bicyclic) bond motifs is 2. The minimum Gasteiger partial charge on any atom is -0.454 e. The summed E-state index contributed by atoms with van der Waals surface area (Å²) in [6, 6.07) is 5.48. The number of aromatic amines is 1. The second-order valence-electron chi connectivity index (χ2n) is 9.66. The molecule has 0 bridgehead atoms. The summed E-state index contributed by atoms with van der Waals surface area (Å²) < 4.78 is 13.0. The first kappa shape index (κ1) is 21.8. The van der Waals surface area contributed by atoms with Gasteiger partial charge in [0.1, 0.15) is 26.2 Å². The number of ether oxygens (including phenoxy) is 2. The lowest BCUT2D eigenvalue weighted by molar-refractivity contribution is -1.02. The fourth-order valence-corrected chi connectivity index (χ4v) is 4.89. The van der Waals surface area contributed by atoms with Crippen LogP contribution in [-0.4, -0.2) is 64.7 Å². The van der Waals surface area contributed by atoms with Gasteiger partial charge in [-0.3, -0.25) is 4.79 Å². The molecule has 3 N–H and O–H groups in total. The van der Waals surface area contributed by atoms with E-state index >= 15 is 0 Å². The number of benzene rings is 1. The zero-order valence-corrected chi connectivity index (χ0v) is 19.8. The van der Waals surface area contributed by atoms with Crippen molar-refractivity contribution in [3.63, 3.8) is 0 Å². The number of likely N-dealkylation sites (N-methyl/N-ethyl adjacent to an activating group) is 1. The summed E-state index contributed by atoms with van der Waals surface area (Å²) in [6.45, 7) is 13.9. The number of aromatic nitrogens is 5. The van der Waals surface area contributed by atoms with Crippen LogP contribution >= 0.6 is 0 Å².